The van der Waals surface area contributed by atoms with Gasteiger partial charge in [0.15, 0.2) is 0 Å². The maximum absolute atomic E-state index is 13.8. The number of pyridine rings is 2. The van der Waals surface area contributed by atoms with Crippen molar-refractivity contribution in [2.45, 2.75) is 50.4 Å². The fourth-order valence-electron chi connectivity index (χ4n) is 4.69. The van der Waals surface area contributed by atoms with E-state index in [9.17, 15) is 18.0 Å². The molecule has 0 aliphatic heterocycles. The van der Waals surface area contributed by atoms with Gasteiger partial charge in [-0.15, -0.1) is 0 Å². The van der Waals surface area contributed by atoms with E-state index < -0.39 is 34.2 Å². The van der Waals surface area contributed by atoms with Crippen molar-refractivity contribution in [3.8, 4) is 0 Å². The van der Waals surface area contributed by atoms with Crippen LogP contribution in [0.15, 0.2) is 102 Å². The molecule has 0 aliphatic rings. The molecule has 0 saturated carbocycles. The monoisotopic (exact) mass is 631 g/mol. The van der Waals surface area contributed by atoms with Crippen molar-refractivity contribution in [2.75, 3.05) is 18.5 Å². The van der Waals surface area contributed by atoms with Gasteiger partial charge in [-0.05, 0) is 61.4 Å². The third kappa shape index (κ3) is 9.85. The van der Waals surface area contributed by atoms with Gasteiger partial charge in [-0.1, -0.05) is 48.5 Å². The summed E-state index contributed by atoms with van der Waals surface area (Å²) in [5.41, 5.74) is 3.06. The van der Waals surface area contributed by atoms with E-state index in [1.54, 1.807) is 38.1 Å². The molecule has 2 aromatic carbocycles. The zero-order chi connectivity index (χ0) is 32.5. The number of anilines is 1. The van der Waals surface area contributed by atoms with Gasteiger partial charge in [0.1, 0.15) is 17.0 Å². The van der Waals surface area contributed by atoms with Crippen LogP contribution >= 0.6 is 0 Å². The SMILES string of the molecule is CN(Cc1ccccc1)c1ccc(CN(Cc2cccc(CC(C)(C)OC(=O)NCC(=O)O)n2)S(=O)(=O)c2cccnc2)cc1. The Morgan fingerprint density at radius 2 is 1.56 bits per heavy atom. The number of rotatable bonds is 14. The fourth-order valence-corrected chi connectivity index (χ4v) is 6.05. The van der Waals surface area contributed by atoms with Crippen LogP contribution in [-0.4, -0.2) is 59.1 Å². The van der Waals surface area contributed by atoms with Crippen LogP contribution in [0.25, 0.3) is 0 Å². The first-order valence-corrected chi connectivity index (χ1v) is 15.7. The van der Waals surface area contributed by atoms with E-state index in [0.29, 0.717) is 11.4 Å². The minimum Gasteiger partial charge on any atom is -0.480 e. The van der Waals surface area contributed by atoms with E-state index in [1.807, 2.05) is 49.5 Å². The van der Waals surface area contributed by atoms with Crippen LogP contribution in [0.1, 0.15) is 36.4 Å². The molecule has 4 aromatic rings. The smallest absolute Gasteiger partial charge is 0.408 e. The Balaban J connectivity index is 1.52. The van der Waals surface area contributed by atoms with Gasteiger partial charge < -0.3 is 20.1 Å². The zero-order valence-electron chi connectivity index (χ0n) is 25.5. The quantitative estimate of drug-likeness (QED) is 0.204. The van der Waals surface area contributed by atoms with E-state index >= 15 is 0 Å². The van der Waals surface area contributed by atoms with Gasteiger partial charge in [0, 0.05) is 50.3 Å². The van der Waals surface area contributed by atoms with Crippen LogP contribution < -0.4 is 10.2 Å². The van der Waals surface area contributed by atoms with Crippen molar-refractivity contribution in [3.05, 3.63) is 120 Å². The molecule has 4 rings (SSSR count). The number of aromatic nitrogens is 2. The number of amides is 1. The van der Waals surface area contributed by atoms with E-state index in [2.05, 4.69) is 32.3 Å². The maximum Gasteiger partial charge on any atom is 0.408 e. The number of carboxylic acids is 1. The average molecular weight is 632 g/mol. The molecule has 0 unspecified atom stereocenters. The molecule has 0 saturated heterocycles. The van der Waals surface area contributed by atoms with Crippen LogP contribution in [-0.2, 0) is 45.6 Å². The largest absolute Gasteiger partial charge is 0.480 e. The van der Waals surface area contributed by atoms with Crippen molar-refractivity contribution in [1.82, 2.24) is 19.6 Å². The van der Waals surface area contributed by atoms with Gasteiger partial charge in [-0.3, -0.25) is 14.8 Å². The standard InChI is InChI=1S/C33H37N5O6S/c1-33(2,44-32(41)35-21-31(39)40)19-27-11-7-12-28(36-27)24-38(45(42,43)30-13-8-18-34-20-30)23-26-14-16-29(17-15-26)37(3)22-25-9-5-4-6-10-25/h4-18,20H,19,21-24H2,1-3H3,(H,35,41)(H,39,40). The second-order valence-electron chi connectivity index (χ2n) is 11.2. The van der Waals surface area contributed by atoms with Crippen LogP contribution in [0.4, 0.5) is 10.5 Å². The number of hydrogen-bond acceptors (Lipinski definition) is 8. The number of carbonyl (C=O) groups excluding carboxylic acids is 1. The summed E-state index contributed by atoms with van der Waals surface area (Å²) in [6.07, 6.45) is 2.20. The molecule has 236 valence electrons. The molecule has 0 atom stereocenters. The number of ether oxygens (including phenoxy) is 1. The first-order chi connectivity index (χ1) is 21.4. The molecular formula is C33H37N5O6S. The van der Waals surface area contributed by atoms with Crippen LogP contribution in [0.5, 0.6) is 0 Å². The Kier molecular flexibility index (Phi) is 10.9. The molecule has 2 aromatic heterocycles. The lowest BCUT2D eigenvalue weighted by atomic mass is 10.0. The number of benzene rings is 2. The van der Waals surface area contributed by atoms with Gasteiger partial charge in [-0.25, -0.2) is 13.2 Å². The highest BCUT2D eigenvalue weighted by atomic mass is 32.2. The number of aliphatic carboxylic acids is 1. The van der Waals surface area contributed by atoms with E-state index in [4.69, 9.17) is 9.84 Å². The molecule has 1 amide bonds. The van der Waals surface area contributed by atoms with Crippen molar-refractivity contribution in [2.24, 2.45) is 0 Å². The summed E-state index contributed by atoms with van der Waals surface area (Å²) in [7, 11) is -1.94. The summed E-state index contributed by atoms with van der Waals surface area (Å²) in [4.78, 5) is 33.6. The first-order valence-electron chi connectivity index (χ1n) is 14.3. The maximum atomic E-state index is 13.8. The molecule has 0 radical (unpaired) electrons. The summed E-state index contributed by atoms with van der Waals surface area (Å²) in [6, 6.07) is 26.3. The normalized spacial score (nSPS) is 11.6. The molecule has 11 nitrogen and oxygen atoms in total. The number of carbonyl (C=O) groups is 2. The van der Waals surface area contributed by atoms with E-state index in [0.717, 1.165) is 17.8 Å². The van der Waals surface area contributed by atoms with Crippen molar-refractivity contribution >= 4 is 27.8 Å². The third-order valence-electron chi connectivity index (χ3n) is 6.83. The summed E-state index contributed by atoms with van der Waals surface area (Å²) in [5.74, 6) is -1.18. The molecule has 2 heterocycles. The summed E-state index contributed by atoms with van der Waals surface area (Å²) in [6.45, 7) is 3.63. The van der Waals surface area contributed by atoms with Gasteiger partial charge >= 0.3 is 12.1 Å². The summed E-state index contributed by atoms with van der Waals surface area (Å²) in [5, 5.41) is 10.9. The second kappa shape index (κ2) is 14.8. The highest BCUT2D eigenvalue weighted by Gasteiger charge is 2.27. The lowest BCUT2D eigenvalue weighted by molar-refractivity contribution is -0.136. The van der Waals surface area contributed by atoms with E-state index in [1.165, 1.54) is 28.3 Å². The van der Waals surface area contributed by atoms with Gasteiger partial charge in [0.05, 0.1) is 12.2 Å². The van der Waals surface area contributed by atoms with Gasteiger partial charge in [-0.2, -0.15) is 4.31 Å². The number of hydrogen-bond donors (Lipinski definition) is 2. The number of nitrogens with one attached hydrogen (secondary N) is 1. The van der Waals surface area contributed by atoms with Crippen LogP contribution in [0, 0.1) is 0 Å². The molecule has 0 aliphatic carbocycles. The molecular weight excluding hydrogens is 594 g/mol. The fraction of sp³-hybridized carbons (Fsp3) is 0.273. The van der Waals surface area contributed by atoms with Crippen molar-refractivity contribution in [1.29, 1.82) is 0 Å². The second-order valence-corrected chi connectivity index (χ2v) is 13.1. The Morgan fingerprint density at radius 3 is 2.22 bits per heavy atom. The minimum absolute atomic E-state index is 0.0128. The minimum atomic E-state index is -3.95. The van der Waals surface area contributed by atoms with Crippen LogP contribution in [0.3, 0.4) is 0 Å². The molecule has 0 fully saturated rings. The Morgan fingerprint density at radius 1 is 0.867 bits per heavy atom. The number of nitrogens with zero attached hydrogens (tertiary/aromatic N) is 4. The zero-order valence-corrected chi connectivity index (χ0v) is 26.3. The van der Waals surface area contributed by atoms with Crippen LogP contribution in [0.2, 0.25) is 0 Å². The third-order valence-corrected chi connectivity index (χ3v) is 8.61. The van der Waals surface area contributed by atoms with E-state index in [-0.39, 0.29) is 24.4 Å². The van der Waals surface area contributed by atoms with Crippen molar-refractivity contribution in [3.63, 3.8) is 0 Å². The predicted molar refractivity (Wildman–Crippen MR) is 170 cm³/mol. The molecule has 0 spiro atoms. The lowest BCUT2D eigenvalue weighted by Gasteiger charge is -2.25. The topological polar surface area (TPSA) is 142 Å². The molecule has 12 heteroatoms. The number of sulfonamides is 1. The number of alkyl carbamates (subject to hydrolysis) is 1. The summed E-state index contributed by atoms with van der Waals surface area (Å²) < 4.78 is 34.4. The summed E-state index contributed by atoms with van der Waals surface area (Å²) >= 11 is 0. The highest BCUT2D eigenvalue weighted by Crippen LogP contribution is 2.23. The molecule has 0 bridgehead atoms. The number of carboxylic acid groups (broad SMARTS) is 1. The van der Waals surface area contributed by atoms with Gasteiger partial charge in [0.2, 0.25) is 10.0 Å². The Labute approximate surface area is 263 Å². The first kappa shape index (κ1) is 33.1. The Hall–Kier alpha value is -4.81. The van der Waals surface area contributed by atoms with Crippen molar-refractivity contribution < 1.29 is 27.9 Å². The lowest BCUT2D eigenvalue weighted by Crippen LogP contribution is -2.38. The molecule has 45 heavy (non-hydrogen) atoms. The van der Waals surface area contributed by atoms with Gasteiger partial charge in [0.25, 0.3) is 0 Å². The predicted octanol–water partition coefficient (Wildman–Crippen LogP) is 4.64. The highest BCUT2D eigenvalue weighted by molar-refractivity contribution is 7.89. The Bertz CT molecular complexity index is 1680. The average Bonchev–Trinajstić information content (AvgIpc) is 3.00. The molecule has 2 N–H and O–H groups in total.